The van der Waals surface area contributed by atoms with Gasteiger partial charge < -0.3 is 14.4 Å². The highest BCUT2D eigenvalue weighted by Gasteiger charge is 2.18. The average molecular weight is 382 g/mol. The van der Waals surface area contributed by atoms with Crippen molar-refractivity contribution in [3.63, 3.8) is 0 Å². The van der Waals surface area contributed by atoms with Crippen LogP contribution >= 0.6 is 11.3 Å². The van der Waals surface area contributed by atoms with E-state index in [4.69, 9.17) is 9.47 Å². The van der Waals surface area contributed by atoms with Gasteiger partial charge in [-0.05, 0) is 42.3 Å². The van der Waals surface area contributed by atoms with Crippen LogP contribution in [0.25, 0.3) is 10.2 Å². The molecule has 4 rings (SSSR count). The van der Waals surface area contributed by atoms with Gasteiger partial charge in [0.15, 0.2) is 11.5 Å². The highest BCUT2D eigenvalue weighted by atomic mass is 32.1. The van der Waals surface area contributed by atoms with E-state index in [1.165, 1.54) is 0 Å². The van der Waals surface area contributed by atoms with Crippen LogP contribution in [0.3, 0.4) is 0 Å². The maximum absolute atomic E-state index is 13.2. The van der Waals surface area contributed by atoms with Gasteiger partial charge in [-0.1, -0.05) is 19.4 Å². The number of rotatable bonds is 6. The lowest BCUT2D eigenvalue weighted by atomic mass is 10.1. The third-order valence-corrected chi connectivity index (χ3v) is 5.42. The topological polar surface area (TPSA) is 51.7 Å². The number of aromatic nitrogens is 1. The predicted octanol–water partition coefficient (Wildman–Crippen LogP) is 4.51. The second-order valence-electron chi connectivity index (χ2n) is 6.59. The monoisotopic (exact) mass is 382 g/mol. The van der Waals surface area contributed by atoms with E-state index in [0.29, 0.717) is 25.3 Å². The number of amides is 1. The van der Waals surface area contributed by atoms with Crippen LogP contribution in [0.15, 0.2) is 41.9 Å². The molecule has 0 saturated heterocycles. The molecule has 1 aliphatic rings. The summed E-state index contributed by atoms with van der Waals surface area (Å²) in [6, 6.07) is 11.6. The molecule has 0 radical (unpaired) electrons. The minimum absolute atomic E-state index is 0.0497. The zero-order valence-electron chi connectivity index (χ0n) is 15.3. The van der Waals surface area contributed by atoms with Crippen molar-refractivity contribution in [3.05, 3.63) is 53.0 Å². The summed E-state index contributed by atoms with van der Waals surface area (Å²) in [5.74, 6) is 1.58. The van der Waals surface area contributed by atoms with E-state index in [2.05, 4.69) is 11.9 Å². The molecule has 2 heterocycles. The standard InChI is InChI=1S/C21H22N2O3S/c1-2-3-8-23(13-15-4-7-18-19(11-15)26-10-9-25-18)21(24)16-5-6-17-20(12-16)27-14-22-17/h4-7,11-12,14H,2-3,8-10,13H2,1H3. The van der Waals surface area contributed by atoms with Crippen molar-refractivity contribution in [3.8, 4) is 11.5 Å². The molecule has 0 fully saturated rings. The Kier molecular flexibility index (Phi) is 5.25. The van der Waals surface area contributed by atoms with Crippen molar-refractivity contribution in [2.75, 3.05) is 19.8 Å². The molecule has 1 aliphatic heterocycles. The van der Waals surface area contributed by atoms with Crippen molar-refractivity contribution >= 4 is 27.5 Å². The molecular formula is C21H22N2O3S. The molecule has 6 heteroatoms. The van der Waals surface area contributed by atoms with Crippen molar-refractivity contribution in [1.82, 2.24) is 9.88 Å². The zero-order chi connectivity index (χ0) is 18.6. The van der Waals surface area contributed by atoms with E-state index in [1.54, 1.807) is 11.3 Å². The fraction of sp³-hybridized carbons (Fsp3) is 0.333. The van der Waals surface area contributed by atoms with E-state index in [0.717, 1.165) is 46.7 Å². The molecule has 0 spiro atoms. The van der Waals surface area contributed by atoms with Crippen LogP contribution in [-0.2, 0) is 6.54 Å². The maximum Gasteiger partial charge on any atom is 0.254 e. The van der Waals surface area contributed by atoms with E-state index < -0.39 is 0 Å². The molecular weight excluding hydrogens is 360 g/mol. The minimum Gasteiger partial charge on any atom is -0.486 e. The average Bonchev–Trinajstić information content (AvgIpc) is 3.18. The van der Waals surface area contributed by atoms with Crippen LogP contribution in [-0.4, -0.2) is 35.5 Å². The second kappa shape index (κ2) is 7.96. The van der Waals surface area contributed by atoms with E-state index in [9.17, 15) is 4.79 Å². The van der Waals surface area contributed by atoms with Gasteiger partial charge in [-0.25, -0.2) is 4.98 Å². The summed E-state index contributed by atoms with van der Waals surface area (Å²) in [4.78, 5) is 19.4. The van der Waals surface area contributed by atoms with Gasteiger partial charge in [0.2, 0.25) is 0 Å². The van der Waals surface area contributed by atoms with Crippen molar-refractivity contribution in [1.29, 1.82) is 0 Å². The summed E-state index contributed by atoms with van der Waals surface area (Å²) in [7, 11) is 0. The van der Waals surface area contributed by atoms with Gasteiger partial charge in [-0.3, -0.25) is 4.79 Å². The quantitative estimate of drug-likeness (QED) is 0.629. The van der Waals surface area contributed by atoms with Gasteiger partial charge in [-0.2, -0.15) is 0 Å². The summed E-state index contributed by atoms with van der Waals surface area (Å²) in [5.41, 5.74) is 4.50. The SMILES string of the molecule is CCCCN(Cc1ccc2c(c1)OCCO2)C(=O)c1ccc2ncsc2c1. The molecule has 0 atom stereocenters. The van der Waals surface area contributed by atoms with Gasteiger partial charge in [0.1, 0.15) is 13.2 Å². The number of ether oxygens (including phenoxy) is 2. The number of hydrogen-bond acceptors (Lipinski definition) is 5. The first-order valence-corrected chi connectivity index (χ1v) is 10.1. The molecule has 2 aromatic carbocycles. The lowest BCUT2D eigenvalue weighted by Crippen LogP contribution is -2.31. The molecule has 140 valence electrons. The number of carbonyl (C=O) groups excluding carboxylic acids is 1. The minimum atomic E-state index is 0.0497. The van der Waals surface area contributed by atoms with Gasteiger partial charge >= 0.3 is 0 Å². The van der Waals surface area contributed by atoms with Gasteiger partial charge in [-0.15, -0.1) is 11.3 Å². The Labute approximate surface area is 162 Å². The van der Waals surface area contributed by atoms with Crippen LogP contribution in [0.2, 0.25) is 0 Å². The molecule has 27 heavy (non-hydrogen) atoms. The molecule has 0 unspecified atom stereocenters. The number of carbonyl (C=O) groups is 1. The van der Waals surface area contributed by atoms with E-state index >= 15 is 0 Å². The smallest absolute Gasteiger partial charge is 0.254 e. The Morgan fingerprint density at radius 1 is 1.15 bits per heavy atom. The summed E-state index contributed by atoms with van der Waals surface area (Å²) in [6.45, 7) is 4.55. The number of nitrogens with zero attached hydrogens (tertiary/aromatic N) is 2. The molecule has 5 nitrogen and oxygen atoms in total. The van der Waals surface area contributed by atoms with Crippen LogP contribution in [0.5, 0.6) is 11.5 Å². The second-order valence-corrected chi connectivity index (χ2v) is 7.48. The molecule has 3 aromatic rings. The third kappa shape index (κ3) is 3.90. The zero-order valence-corrected chi connectivity index (χ0v) is 16.1. The number of benzene rings is 2. The third-order valence-electron chi connectivity index (χ3n) is 4.63. The Morgan fingerprint density at radius 2 is 2.00 bits per heavy atom. The predicted molar refractivity (Wildman–Crippen MR) is 107 cm³/mol. The fourth-order valence-corrected chi connectivity index (χ4v) is 3.89. The van der Waals surface area contributed by atoms with E-state index in [-0.39, 0.29) is 5.91 Å². The number of fused-ring (bicyclic) bond motifs is 2. The molecule has 0 bridgehead atoms. The van der Waals surface area contributed by atoms with Gasteiger partial charge in [0, 0.05) is 18.7 Å². The molecule has 1 amide bonds. The summed E-state index contributed by atoms with van der Waals surface area (Å²) >= 11 is 1.56. The van der Waals surface area contributed by atoms with E-state index in [1.807, 2.05) is 46.8 Å². The largest absolute Gasteiger partial charge is 0.486 e. The van der Waals surface area contributed by atoms with Crippen LogP contribution in [0, 0.1) is 0 Å². The Bertz CT molecular complexity index is 954. The van der Waals surface area contributed by atoms with Gasteiger partial charge in [0.25, 0.3) is 5.91 Å². The van der Waals surface area contributed by atoms with Crippen molar-refractivity contribution in [2.45, 2.75) is 26.3 Å². The Balaban J connectivity index is 1.57. The lowest BCUT2D eigenvalue weighted by Gasteiger charge is -2.24. The summed E-state index contributed by atoms with van der Waals surface area (Å²) in [5, 5.41) is 0. The highest BCUT2D eigenvalue weighted by Crippen LogP contribution is 2.31. The van der Waals surface area contributed by atoms with Crippen LogP contribution in [0.4, 0.5) is 0 Å². The first-order chi connectivity index (χ1) is 13.2. The molecule has 0 N–H and O–H groups in total. The molecule has 0 saturated carbocycles. The van der Waals surface area contributed by atoms with Crippen LogP contribution in [0.1, 0.15) is 35.7 Å². The number of unbranched alkanes of at least 4 members (excludes halogenated alkanes) is 1. The maximum atomic E-state index is 13.2. The number of thiazole rings is 1. The summed E-state index contributed by atoms with van der Waals surface area (Å²) in [6.07, 6.45) is 2.01. The molecule has 0 aliphatic carbocycles. The van der Waals surface area contributed by atoms with Crippen molar-refractivity contribution in [2.24, 2.45) is 0 Å². The first kappa shape index (κ1) is 17.8. The summed E-state index contributed by atoms with van der Waals surface area (Å²) < 4.78 is 12.3. The Hall–Kier alpha value is -2.60. The number of hydrogen-bond donors (Lipinski definition) is 0. The lowest BCUT2D eigenvalue weighted by molar-refractivity contribution is 0.0740. The van der Waals surface area contributed by atoms with Crippen LogP contribution < -0.4 is 9.47 Å². The normalized spacial score (nSPS) is 12.9. The van der Waals surface area contributed by atoms with Crippen molar-refractivity contribution < 1.29 is 14.3 Å². The fourth-order valence-electron chi connectivity index (χ4n) is 3.18. The highest BCUT2D eigenvalue weighted by molar-refractivity contribution is 7.16. The molecule has 1 aromatic heterocycles. The Morgan fingerprint density at radius 3 is 2.85 bits per heavy atom. The van der Waals surface area contributed by atoms with Gasteiger partial charge in [0.05, 0.1) is 15.7 Å². The first-order valence-electron chi connectivity index (χ1n) is 9.25.